The van der Waals surface area contributed by atoms with Crippen LogP contribution < -0.4 is 4.72 Å². The van der Waals surface area contributed by atoms with Crippen LogP contribution in [0.4, 0.5) is 17.6 Å². The number of halogens is 4. The molecule has 3 aliphatic rings. The fraction of sp³-hybridized carbons (Fsp3) is 0.458. The Labute approximate surface area is 200 Å². The first-order valence-electron chi connectivity index (χ1n) is 11.4. The number of rotatable bonds is 7. The first-order chi connectivity index (χ1) is 16.6. The van der Waals surface area contributed by atoms with Gasteiger partial charge in [0.2, 0.25) is 10.9 Å². The number of hydrogen-bond acceptors (Lipinski definition) is 4. The zero-order valence-corrected chi connectivity index (χ0v) is 19.6. The maximum Gasteiger partial charge on any atom is 0.230 e. The summed E-state index contributed by atoms with van der Waals surface area (Å²) in [6, 6.07) is 5.85. The molecular formula is C24H25F4N3O3S. The van der Waals surface area contributed by atoms with Crippen molar-refractivity contribution in [2.75, 3.05) is 19.8 Å². The van der Waals surface area contributed by atoms with Gasteiger partial charge < -0.3 is 9.64 Å². The number of ether oxygens (including phenoxy) is 1. The summed E-state index contributed by atoms with van der Waals surface area (Å²) in [7, 11) is -3.78. The van der Waals surface area contributed by atoms with E-state index in [0.29, 0.717) is 12.5 Å². The first-order valence-corrected chi connectivity index (χ1v) is 13.0. The van der Waals surface area contributed by atoms with Gasteiger partial charge in [-0.25, -0.2) is 31.3 Å². The number of amides is 1. The highest BCUT2D eigenvalue weighted by Crippen LogP contribution is 2.45. The summed E-state index contributed by atoms with van der Waals surface area (Å²) in [5.41, 5.74) is 0.217. The van der Waals surface area contributed by atoms with Crippen LogP contribution >= 0.6 is 0 Å². The van der Waals surface area contributed by atoms with Gasteiger partial charge in [0.1, 0.15) is 27.4 Å². The Morgan fingerprint density at radius 3 is 2.46 bits per heavy atom. The molecule has 0 bridgehead atoms. The smallest absolute Gasteiger partial charge is 0.230 e. The summed E-state index contributed by atoms with van der Waals surface area (Å²) in [5.74, 6) is -2.89. The summed E-state index contributed by atoms with van der Waals surface area (Å²) in [4.78, 5) is 14.6. The van der Waals surface area contributed by atoms with Gasteiger partial charge in [0.15, 0.2) is 0 Å². The molecule has 35 heavy (non-hydrogen) atoms. The molecule has 188 valence electrons. The normalized spacial score (nSPS) is 25.2. The lowest BCUT2D eigenvalue weighted by Crippen LogP contribution is -2.52. The van der Waals surface area contributed by atoms with Crippen LogP contribution in [0.2, 0.25) is 0 Å². The molecule has 2 aromatic carbocycles. The fourth-order valence-corrected chi connectivity index (χ4v) is 6.32. The Kier molecular flexibility index (Phi) is 6.13. The zero-order valence-electron chi connectivity index (χ0n) is 18.7. The number of nitrogens with zero attached hydrogens (tertiary/aromatic N) is 1. The molecule has 0 spiro atoms. The highest BCUT2D eigenvalue weighted by Gasteiger charge is 2.55. The fourth-order valence-electron chi connectivity index (χ4n) is 4.73. The second kappa shape index (κ2) is 8.86. The van der Waals surface area contributed by atoms with Crippen molar-refractivity contribution in [1.29, 1.82) is 4.78 Å². The van der Waals surface area contributed by atoms with Gasteiger partial charge in [0, 0.05) is 24.2 Å². The lowest BCUT2D eigenvalue weighted by molar-refractivity contribution is -0.150. The van der Waals surface area contributed by atoms with Crippen molar-refractivity contribution in [3.63, 3.8) is 0 Å². The SMILES string of the molecule is N=S(=O)(N[C@H]1CCN(C(=O)C2COC2)[C@H]1Cc1cccc(-c2cc(F)cc(F)c2)c1F)C1(F)CC1. The van der Waals surface area contributed by atoms with Gasteiger partial charge >= 0.3 is 0 Å². The zero-order chi connectivity index (χ0) is 25.0. The molecule has 3 fully saturated rings. The van der Waals surface area contributed by atoms with E-state index in [4.69, 9.17) is 9.52 Å². The predicted octanol–water partition coefficient (Wildman–Crippen LogP) is 3.94. The van der Waals surface area contributed by atoms with Crippen LogP contribution in [-0.4, -0.2) is 51.9 Å². The molecule has 2 N–H and O–H groups in total. The molecule has 0 radical (unpaired) electrons. The molecule has 0 aromatic heterocycles. The van der Waals surface area contributed by atoms with Gasteiger partial charge in [0.05, 0.1) is 25.2 Å². The standard InChI is InChI=1S/C24H25F4N3O3S/c25-17-8-15(9-18(26)11-17)19-3-1-2-14(22(19)27)10-21-20(30-35(29,33)24(28)5-6-24)4-7-31(21)23(32)16-12-34-13-16/h1-3,8-9,11,16,20-21H,4-7,10,12-13H2,(H2,29,30,33)/t20-,21-,35?/m0/s1. The largest absolute Gasteiger partial charge is 0.380 e. The summed E-state index contributed by atoms with van der Waals surface area (Å²) >= 11 is 0. The van der Waals surface area contributed by atoms with Crippen LogP contribution in [0, 0.1) is 28.1 Å². The average Bonchev–Trinajstić information content (AvgIpc) is 3.40. The molecule has 1 aliphatic carbocycles. The van der Waals surface area contributed by atoms with Crippen molar-refractivity contribution in [1.82, 2.24) is 9.62 Å². The lowest BCUT2D eigenvalue weighted by Gasteiger charge is -2.35. The third-order valence-corrected chi connectivity index (χ3v) is 9.05. The third kappa shape index (κ3) is 4.56. The minimum atomic E-state index is -3.78. The van der Waals surface area contributed by atoms with Gasteiger partial charge in [-0.2, -0.15) is 0 Å². The highest BCUT2D eigenvalue weighted by molar-refractivity contribution is 7.92. The Bertz CT molecular complexity index is 1240. The average molecular weight is 512 g/mol. The molecule has 11 heteroatoms. The van der Waals surface area contributed by atoms with Crippen LogP contribution in [-0.2, 0) is 25.9 Å². The van der Waals surface area contributed by atoms with Gasteiger partial charge in [-0.05, 0) is 48.9 Å². The van der Waals surface area contributed by atoms with Gasteiger partial charge in [-0.1, -0.05) is 18.2 Å². The van der Waals surface area contributed by atoms with Crippen molar-refractivity contribution >= 4 is 15.8 Å². The second-order valence-corrected chi connectivity index (χ2v) is 11.5. The van der Waals surface area contributed by atoms with E-state index in [1.165, 1.54) is 12.1 Å². The first kappa shape index (κ1) is 24.2. The van der Waals surface area contributed by atoms with Crippen molar-refractivity contribution < 1.29 is 31.3 Å². The van der Waals surface area contributed by atoms with Crippen molar-refractivity contribution in [3.05, 3.63) is 59.4 Å². The molecule has 2 aromatic rings. The van der Waals surface area contributed by atoms with E-state index in [9.17, 15) is 22.2 Å². The van der Waals surface area contributed by atoms with E-state index in [-0.39, 0.29) is 67.5 Å². The summed E-state index contributed by atoms with van der Waals surface area (Å²) in [5, 5.41) is -2.09. The van der Waals surface area contributed by atoms with Crippen LogP contribution in [0.1, 0.15) is 24.8 Å². The third-order valence-electron chi connectivity index (χ3n) is 6.97. The highest BCUT2D eigenvalue weighted by atomic mass is 32.2. The summed E-state index contributed by atoms with van der Waals surface area (Å²) in [6.07, 6.45) is 0.376. The maximum atomic E-state index is 15.6. The lowest BCUT2D eigenvalue weighted by atomic mass is 9.95. The number of nitrogens with one attached hydrogen (secondary N) is 2. The monoisotopic (exact) mass is 511 g/mol. The molecule has 5 rings (SSSR count). The Hall–Kier alpha value is -2.50. The molecule has 2 saturated heterocycles. The summed E-state index contributed by atoms with van der Waals surface area (Å²) < 4.78 is 86.2. The van der Waals surface area contributed by atoms with Crippen molar-refractivity contribution in [3.8, 4) is 11.1 Å². The molecule has 6 nitrogen and oxygen atoms in total. The molecule has 1 saturated carbocycles. The second-order valence-electron chi connectivity index (χ2n) is 9.43. The minimum absolute atomic E-state index is 0.00125. The quantitative estimate of drug-likeness (QED) is 0.553. The van der Waals surface area contributed by atoms with Gasteiger partial charge in [-0.3, -0.25) is 4.79 Å². The minimum Gasteiger partial charge on any atom is -0.380 e. The van der Waals surface area contributed by atoms with E-state index < -0.39 is 44.5 Å². The maximum absolute atomic E-state index is 15.6. The van der Waals surface area contributed by atoms with Crippen LogP contribution in [0.25, 0.3) is 11.1 Å². The number of hydrogen-bond donors (Lipinski definition) is 2. The number of carbonyl (C=O) groups excluding carboxylic acids is 1. The Morgan fingerprint density at radius 1 is 1.17 bits per heavy atom. The number of carbonyl (C=O) groups is 1. The number of likely N-dealkylation sites (tertiary alicyclic amines) is 1. The van der Waals surface area contributed by atoms with E-state index in [1.807, 2.05) is 0 Å². The van der Waals surface area contributed by atoms with E-state index >= 15 is 4.39 Å². The van der Waals surface area contributed by atoms with Gasteiger partial charge in [0.25, 0.3) is 0 Å². The topological polar surface area (TPSA) is 82.5 Å². The number of alkyl halides is 1. The molecule has 2 heterocycles. The van der Waals surface area contributed by atoms with E-state index in [2.05, 4.69) is 4.72 Å². The van der Waals surface area contributed by atoms with Crippen molar-refractivity contribution in [2.24, 2.45) is 5.92 Å². The predicted molar refractivity (Wildman–Crippen MR) is 121 cm³/mol. The van der Waals surface area contributed by atoms with E-state index in [1.54, 1.807) is 11.0 Å². The molecular weight excluding hydrogens is 486 g/mol. The van der Waals surface area contributed by atoms with Crippen LogP contribution in [0.5, 0.6) is 0 Å². The molecule has 1 amide bonds. The Balaban J connectivity index is 1.46. The van der Waals surface area contributed by atoms with Crippen molar-refractivity contribution in [2.45, 2.75) is 42.8 Å². The Morgan fingerprint density at radius 2 is 1.86 bits per heavy atom. The molecule has 3 atom stereocenters. The molecule has 2 aliphatic heterocycles. The van der Waals surface area contributed by atoms with Gasteiger partial charge in [-0.15, -0.1) is 0 Å². The van der Waals surface area contributed by atoms with E-state index in [0.717, 1.165) is 12.1 Å². The van der Waals surface area contributed by atoms with Crippen LogP contribution in [0.3, 0.4) is 0 Å². The molecule has 1 unspecified atom stereocenters. The summed E-state index contributed by atoms with van der Waals surface area (Å²) in [6.45, 7) is 0.832. The number of benzene rings is 2. The van der Waals surface area contributed by atoms with Crippen LogP contribution in [0.15, 0.2) is 36.4 Å².